The number of aliphatic hydroxyl groups excluding tert-OH is 2. The van der Waals surface area contributed by atoms with Crippen LogP contribution in [0.5, 0.6) is 0 Å². The zero-order valence-electron chi connectivity index (χ0n) is 76.4. The standard InChI is InChI=1S/2C25H30O4.2C24H28O4.C11H22O2/c1-4-6-18-25(17-5-2,29-24(27)22-15-11-8-12-16-22)19-20(3)28-23(26)21-13-9-7-10-14-21;1-4-6-18-22(19(3)28-24(26)20-14-9-7-10-15-20)23(13-5-2)29-25(27)21-16-11-8-12-17-21;1-4-11-18(2)16-22(28-24(26)21-14-9-6-10-15-21)17-19(3)27-23(25)20-12-7-5-8-13-20;1-4-12-19(5-2)22(28-24(26)21-15-10-7-11-16-21)17-18(3)27-23(25)20-13-8-6-9-14-20;1-4-6-7-10(5-2)11(13)8-9(3)12/h5,7-16,20H,2,4,6,17-19H2,1,3H3;5,7-12,14-17,19,22-23H,2,4,6,13,18H2,1,3H3;5-10,12-15,19,22H,2,4,11,16-17H2,1,3H3;5-11,13-16,18-19,22H,2,4,12,17H2,1,3H3;5,9-13H,2,4,6-8H2,1,3H3. The van der Waals surface area contributed by atoms with Gasteiger partial charge in [-0.05, 0) is 177 Å². The first-order chi connectivity index (χ1) is 61.2. The first-order valence-corrected chi connectivity index (χ1v) is 44.8. The summed E-state index contributed by atoms with van der Waals surface area (Å²) in [5, 5.41) is 18.8. The average Bonchev–Trinajstić information content (AvgIpc) is 0.828. The summed E-state index contributed by atoms with van der Waals surface area (Å²) in [6.07, 6.45) is 18.8. The molecule has 0 heterocycles. The van der Waals surface area contributed by atoms with Gasteiger partial charge in [-0.25, -0.2) is 38.4 Å². The smallest absolute Gasteiger partial charge is 0.338 e. The summed E-state index contributed by atoms with van der Waals surface area (Å²) in [5.74, 6) is -3.00. The molecule has 0 aliphatic rings. The van der Waals surface area contributed by atoms with Crippen molar-refractivity contribution in [1.82, 2.24) is 0 Å². The summed E-state index contributed by atoms with van der Waals surface area (Å²) in [5.41, 5.74) is 4.29. The Morgan fingerprint density at radius 1 is 0.362 bits per heavy atom. The molecule has 18 nitrogen and oxygen atoms in total. The summed E-state index contributed by atoms with van der Waals surface area (Å²) in [4.78, 5) is 99.8. The second-order valence-electron chi connectivity index (χ2n) is 31.9. The summed E-state index contributed by atoms with van der Waals surface area (Å²) in [7, 11) is 0. The highest BCUT2D eigenvalue weighted by atomic mass is 16.6. The van der Waals surface area contributed by atoms with E-state index in [9.17, 15) is 43.5 Å². The molecule has 0 fully saturated rings. The molecule has 8 rings (SSSR count). The monoisotopic (exact) mass is 1730 g/mol. The van der Waals surface area contributed by atoms with E-state index in [1.807, 2.05) is 94.4 Å². The molecule has 127 heavy (non-hydrogen) atoms. The SMILES string of the molecule is C=C(CCC)CC(CC(C)OC(=O)c1ccccc1)OC(=O)c1ccccc1.C=CC(CCC)C(CC(C)OC(=O)c1ccccc1)OC(=O)c1ccccc1.C=CC(CCCC)C(O)CC(C)O.C=CCC(CCCC)(CC(C)OC(=O)c1ccccc1)OC(=O)c1ccccc1.C=CCC(OC(=O)c1ccccc1)C(CCCC)C(C)OC(=O)c1ccccc1. The van der Waals surface area contributed by atoms with Crippen LogP contribution in [0.25, 0.3) is 0 Å². The first-order valence-electron chi connectivity index (χ1n) is 44.8. The number of unbranched alkanes of at least 4 members (excludes halogenated alkanes) is 3. The maximum absolute atomic E-state index is 12.8. The molecule has 8 aromatic rings. The van der Waals surface area contributed by atoms with Crippen LogP contribution in [0, 0.1) is 17.8 Å². The molecule has 0 spiro atoms. The van der Waals surface area contributed by atoms with Crippen LogP contribution in [0.3, 0.4) is 0 Å². The fourth-order valence-corrected chi connectivity index (χ4v) is 14.2. The lowest BCUT2D eigenvalue weighted by molar-refractivity contribution is -0.0498. The van der Waals surface area contributed by atoms with Gasteiger partial charge in [0.25, 0.3) is 0 Å². The normalized spacial score (nSPS) is 13.9. The van der Waals surface area contributed by atoms with E-state index in [2.05, 4.69) is 67.5 Å². The summed E-state index contributed by atoms with van der Waals surface area (Å²) >= 11 is 0. The minimum Gasteiger partial charge on any atom is -0.459 e. The van der Waals surface area contributed by atoms with Crippen LogP contribution in [0.15, 0.2) is 305 Å². The third-order valence-electron chi connectivity index (χ3n) is 20.9. The summed E-state index contributed by atoms with van der Waals surface area (Å²) in [6.45, 7) is 38.9. The van der Waals surface area contributed by atoms with Gasteiger partial charge in [-0.1, -0.05) is 262 Å². The molecule has 0 amide bonds. The minimum atomic E-state index is -0.763. The highest BCUT2D eigenvalue weighted by Crippen LogP contribution is 2.34. The third-order valence-corrected chi connectivity index (χ3v) is 20.9. The Morgan fingerprint density at radius 2 is 0.709 bits per heavy atom. The predicted molar refractivity (Wildman–Crippen MR) is 506 cm³/mol. The summed E-state index contributed by atoms with van der Waals surface area (Å²) in [6, 6.07) is 71.2. The molecule has 0 aromatic heterocycles. The van der Waals surface area contributed by atoms with Gasteiger partial charge < -0.3 is 48.1 Å². The van der Waals surface area contributed by atoms with Gasteiger partial charge in [0.1, 0.15) is 48.3 Å². The van der Waals surface area contributed by atoms with Crippen molar-refractivity contribution in [2.75, 3.05) is 0 Å². The van der Waals surface area contributed by atoms with E-state index < -0.39 is 60.5 Å². The second-order valence-corrected chi connectivity index (χ2v) is 31.9. The molecule has 18 heteroatoms. The fourth-order valence-electron chi connectivity index (χ4n) is 14.2. The van der Waals surface area contributed by atoms with Crippen molar-refractivity contribution in [3.63, 3.8) is 0 Å². The Kier molecular flexibility index (Phi) is 52.7. The molecule has 0 bridgehead atoms. The van der Waals surface area contributed by atoms with Gasteiger partial charge in [-0.3, -0.25) is 0 Å². The molecular formula is C109H138O18. The minimum absolute atomic E-state index is 0.00413. The van der Waals surface area contributed by atoms with E-state index in [0.717, 1.165) is 82.6 Å². The summed E-state index contributed by atoms with van der Waals surface area (Å²) < 4.78 is 45.9. The molecule has 682 valence electrons. The quantitative estimate of drug-likeness (QED) is 0.0204. The predicted octanol–water partition coefficient (Wildman–Crippen LogP) is 25.0. The van der Waals surface area contributed by atoms with Gasteiger partial charge >= 0.3 is 47.8 Å². The molecule has 0 saturated carbocycles. The van der Waals surface area contributed by atoms with Crippen molar-refractivity contribution in [3.05, 3.63) is 350 Å². The van der Waals surface area contributed by atoms with Gasteiger partial charge in [0, 0.05) is 56.3 Å². The molecule has 2 N–H and O–H groups in total. The van der Waals surface area contributed by atoms with E-state index in [-0.39, 0.29) is 65.5 Å². The number of rotatable bonds is 49. The van der Waals surface area contributed by atoms with Gasteiger partial charge in [0.15, 0.2) is 0 Å². The van der Waals surface area contributed by atoms with Crippen molar-refractivity contribution >= 4 is 47.8 Å². The van der Waals surface area contributed by atoms with Crippen LogP contribution in [0.1, 0.15) is 281 Å². The Balaban J connectivity index is 0.000000339. The number of hydrogen-bond acceptors (Lipinski definition) is 18. The van der Waals surface area contributed by atoms with Gasteiger partial charge in [-0.2, -0.15) is 0 Å². The highest BCUT2D eigenvalue weighted by molar-refractivity contribution is 5.93. The number of hydrogen-bond donors (Lipinski definition) is 2. The second kappa shape index (κ2) is 62.3. The number of ether oxygens (including phenoxy) is 8. The van der Waals surface area contributed by atoms with Crippen LogP contribution in [-0.2, 0) is 37.9 Å². The van der Waals surface area contributed by atoms with Crippen molar-refractivity contribution in [2.45, 2.75) is 258 Å². The van der Waals surface area contributed by atoms with Gasteiger partial charge in [0.2, 0.25) is 0 Å². The molecule has 0 radical (unpaired) electrons. The lowest BCUT2D eigenvalue weighted by Crippen LogP contribution is -2.39. The van der Waals surface area contributed by atoms with E-state index >= 15 is 0 Å². The van der Waals surface area contributed by atoms with E-state index in [1.54, 1.807) is 207 Å². The number of carbonyl (C=O) groups is 8. The Bertz CT molecular complexity index is 4470. The van der Waals surface area contributed by atoms with Crippen LogP contribution in [0.4, 0.5) is 0 Å². The largest absolute Gasteiger partial charge is 0.459 e. The van der Waals surface area contributed by atoms with E-state index in [0.29, 0.717) is 95.9 Å². The Morgan fingerprint density at radius 3 is 1.06 bits per heavy atom. The molecule has 13 unspecified atom stereocenters. The average molecular weight is 1740 g/mol. The zero-order chi connectivity index (χ0) is 93.2. The highest BCUT2D eigenvalue weighted by Gasteiger charge is 2.37. The molecule has 0 saturated heterocycles. The lowest BCUT2D eigenvalue weighted by atomic mass is 9.87. The maximum atomic E-state index is 12.8. The number of carbonyl (C=O) groups excluding carboxylic acids is 8. The number of aliphatic hydroxyl groups is 2. The maximum Gasteiger partial charge on any atom is 0.338 e. The molecule has 0 aliphatic carbocycles. The molecule has 8 aromatic carbocycles. The first kappa shape index (κ1) is 107. The Labute approximate surface area is 755 Å². The van der Waals surface area contributed by atoms with Crippen LogP contribution >= 0.6 is 0 Å². The van der Waals surface area contributed by atoms with Crippen LogP contribution < -0.4 is 0 Å². The number of esters is 8. The zero-order valence-corrected chi connectivity index (χ0v) is 76.4. The lowest BCUT2D eigenvalue weighted by Gasteiger charge is -2.35. The number of benzene rings is 8. The Hall–Kier alpha value is -11.9. The van der Waals surface area contributed by atoms with Gasteiger partial charge in [0.05, 0.1) is 56.7 Å². The third kappa shape index (κ3) is 42.3. The van der Waals surface area contributed by atoms with Crippen molar-refractivity contribution in [1.29, 1.82) is 0 Å². The molecular weight excluding hydrogens is 1600 g/mol. The molecule has 13 atom stereocenters. The fraction of sp³-hybridized carbons (Fsp3) is 0.394. The van der Waals surface area contributed by atoms with Crippen molar-refractivity contribution < 1.29 is 86.5 Å². The van der Waals surface area contributed by atoms with Crippen LogP contribution in [-0.4, -0.2) is 119 Å². The van der Waals surface area contributed by atoms with Crippen molar-refractivity contribution in [2.24, 2.45) is 17.8 Å². The van der Waals surface area contributed by atoms with Crippen LogP contribution in [0.2, 0.25) is 0 Å². The van der Waals surface area contributed by atoms with E-state index in [1.165, 1.54) is 0 Å². The van der Waals surface area contributed by atoms with E-state index in [4.69, 9.17) is 43.0 Å². The van der Waals surface area contributed by atoms with Gasteiger partial charge in [-0.15, -0.1) is 26.3 Å². The molecule has 0 aliphatic heterocycles. The topological polar surface area (TPSA) is 251 Å². The van der Waals surface area contributed by atoms with Crippen molar-refractivity contribution in [3.8, 4) is 0 Å².